The Morgan fingerprint density at radius 3 is 2.12 bits per heavy atom. The van der Waals surface area contributed by atoms with Crippen LogP contribution >= 0.6 is 0 Å². The van der Waals surface area contributed by atoms with E-state index in [9.17, 15) is 0 Å². The summed E-state index contributed by atoms with van der Waals surface area (Å²) >= 11 is 0. The first-order valence-electron chi connectivity index (χ1n) is 5.63. The highest BCUT2D eigenvalue weighted by Crippen LogP contribution is 2.38. The van der Waals surface area contributed by atoms with E-state index in [1.807, 2.05) is 13.0 Å². The number of rotatable bonds is 0. The quantitative estimate of drug-likeness (QED) is 0.618. The van der Waals surface area contributed by atoms with Gasteiger partial charge in [0.25, 0.3) is 0 Å². The van der Waals surface area contributed by atoms with Gasteiger partial charge in [-0.1, -0.05) is 0 Å². The first-order chi connectivity index (χ1) is 8.13. The lowest BCUT2D eigenvalue weighted by Gasteiger charge is -2.22. The molecule has 1 aromatic carbocycles. The van der Waals surface area contributed by atoms with Crippen LogP contribution in [0.15, 0.2) is 18.2 Å². The van der Waals surface area contributed by atoms with Gasteiger partial charge in [0, 0.05) is 0 Å². The van der Waals surface area contributed by atoms with Crippen LogP contribution in [0, 0.1) is 20.8 Å². The smallest absolute Gasteiger partial charge is 0.176 e. The van der Waals surface area contributed by atoms with Gasteiger partial charge in [-0.05, 0) is 50.1 Å². The van der Waals surface area contributed by atoms with Gasteiger partial charge >= 0.3 is 0 Å². The van der Waals surface area contributed by atoms with Crippen LogP contribution in [0.5, 0.6) is 0 Å². The fourth-order valence-electron chi connectivity index (χ4n) is 1.97. The Morgan fingerprint density at radius 2 is 1.41 bits per heavy atom. The van der Waals surface area contributed by atoms with Crippen LogP contribution in [0.3, 0.4) is 0 Å². The molecular weight excluding hydrogens is 212 g/mol. The van der Waals surface area contributed by atoms with E-state index in [-0.39, 0.29) is 0 Å². The summed E-state index contributed by atoms with van der Waals surface area (Å²) in [5.41, 5.74) is 6.58. The molecule has 1 aliphatic heterocycles. The lowest BCUT2D eigenvalue weighted by atomic mass is 10.1. The molecule has 4 nitrogen and oxygen atoms in total. The SMILES string of the molecule is Cc1cc2c(nn1)Nc1cc(C)c(C)cc1N2. The molecule has 86 valence electrons. The second-order valence-corrected chi connectivity index (χ2v) is 4.48. The zero-order chi connectivity index (χ0) is 12.0. The fourth-order valence-corrected chi connectivity index (χ4v) is 1.97. The predicted molar refractivity (Wildman–Crippen MR) is 69.3 cm³/mol. The fraction of sp³-hybridized carbons (Fsp3) is 0.231. The van der Waals surface area contributed by atoms with E-state index in [4.69, 9.17) is 0 Å². The predicted octanol–water partition coefficient (Wildman–Crippen LogP) is 3.20. The molecule has 0 unspecified atom stereocenters. The minimum absolute atomic E-state index is 0.784. The van der Waals surface area contributed by atoms with Gasteiger partial charge in [0.05, 0.1) is 22.8 Å². The number of aromatic nitrogens is 2. The zero-order valence-electron chi connectivity index (χ0n) is 10.1. The number of aryl methyl sites for hydroxylation is 3. The summed E-state index contributed by atoms with van der Waals surface area (Å²) < 4.78 is 0. The molecule has 0 spiro atoms. The van der Waals surface area contributed by atoms with Crippen molar-refractivity contribution in [2.45, 2.75) is 20.8 Å². The van der Waals surface area contributed by atoms with Crippen molar-refractivity contribution < 1.29 is 0 Å². The molecule has 3 rings (SSSR count). The van der Waals surface area contributed by atoms with E-state index >= 15 is 0 Å². The van der Waals surface area contributed by atoms with Crippen molar-refractivity contribution in [2.75, 3.05) is 10.6 Å². The van der Waals surface area contributed by atoms with Gasteiger partial charge in [0.1, 0.15) is 0 Å². The zero-order valence-corrected chi connectivity index (χ0v) is 10.1. The van der Waals surface area contributed by atoms with E-state index < -0.39 is 0 Å². The van der Waals surface area contributed by atoms with Crippen LogP contribution in [0.25, 0.3) is 0 Å². The normalized spacial score (nSPS) is 12.2. The van der Waals surface area contributed by atoms with Crippen molar-refractivity contribution in [3.05, 3.63) is 35.0 Å². The third-order valence-corrected chi connectivity index (χ3v) is 3.07. The Balaban J connectivity index is 2.11. The summed E-state index contributed by atoms with van der Waals surface area (Å²) in [7, 11) is 0. The van der Waals surface area contributed by atoms with Gasteiger partial charge in [-0.3, -0.25) is 0 Å². The molecule has 0 atom stereocenters. The number of fused-ring (bicyclic) bond motifs is 2. The molecule has 0 aliphatic carbocycles. The van der Waals surface area contributed by atoms with Gasteiger partial charge < -0.3 is 10.6 Å². The first-order valence-corrected chi connectivity index (χ1v) is 5.63. The average Bonchev–Trinajstić information content (AvgIpc) is 2.28. The van der Waals surface area contributed by atoms with Crippen LogP contribution in [0.2, 0.25) is 0 Å². The largest absolute Gasteiger partial charge is 0.351 e. The molecule has 2 heterocycles. The third-order valence-electron chi connectivity index (χ3n) is 3.07. The van der Waals surface area contributed by atoms with E-state index in [2.05, 4.69) is 46.8 Å². The summed E-state index contributed by atoms with van der Waals surface area (Å²) in [6.07, 6.45) is 0. The maximum Gasteiger partial charge on any atom is 0.176 e. The molecule has 0 fully saturated rings. The van der Waals surface area contributed by atoms with Crippen LogP contribution in [-0.4, -0.2) is 10.2 Å². The number of nitrogens with one attached hydrogen (secondary N) is 2. The molecule has 0 amide bonds. The van der Waals surface area contributed by atoms with Gasteiger partial charge in [-0.2, -0.15) is 5.10 Å². The minimum Gasteiger partial charge on any atom is -0.351 e. The maximum atomic E-state index is 4.15. The van der Waals surface area contributed by atoms with Crippen molar-refractivity contribution in [3.63, 3.8) is 0 Å². The van der Waals surface area contributed by atoms with Crippen molar-refractivity contribution in [1.82, 2.24) is 10.2 Å². The van der Waals surface area contributed by atoms with Crippen molar-refractivity contribution in [1.29, 1.82) is 0 Å². The van der Waals surface area contributed by atoms with Gasteiger partial charge in [0.15, 0.2) is 5.82 Å². The van der Waals surface area contributed by atoms with E-state index in [1.54, 1.807) is 0 Å². The number of nitrogens with zero attached hydrogens (tertiary/aromatic N) is 2. The van der Waals surface area contributed by atoms with Crippen LogP contribution in [-0.2, 0) is 0 Å². The van der Waals surface area contributed by atoms with Crippen molar-refractivity contribution in [3.8, 4) is 0 Å². The number of hydrogen-bond donors (Lipinski definition) is 2. The van der Waals surface area contributed by atoms with Crippen molar-refractivity contribution in [2.24, 2.45) is 0 Å². The van der Waals surface area contributed by atoms with Crippen LogP contribution in [0.4, 0.5) is 22.9 Å². The Labute approximate surface area is 100 Å². The molecule has 2 N–H and O–H groups in total. The van der Waals surface area contributed by atoms with Gasteiger partial charge in [0.2, 0.25) is 0 Å². The van der Waals surface area contributed by atoms with E-state index in [0.29, 0.717) is 0 Å². The summed E-state index contributed by atoms with van der Waals surface area (Å²) in [4.78, 5) is 0. The molecule has 0 saturated carbocycles. The second kappa shape index (κ2) is 3.45. The highest BCUT2D eigenvalue weighted by molar-refractivity contribution is 5.88. The molecule has 1 aromatic heterocycles. The van der Waals surface area contributed by atoms with Crippen molar-refractivity contribution >= 4 is 22.9 Å². The molecule has 2 aromatic rings. The first kappa shape index (κ1) is 10.1. The molecule has 4 heteroatoms. The number of anilines is 4. The summed E-state index contributed by atoms with van der Waals surface area (Å²) in [6, 6.07) is 6.27. The average molecular weight is 226 g/mol. The molecule has 0 bridgehead atoms. The van der Waals surface area contributed by atoms with E-state index in [0.717, 1.165) is 28.6 Å². The summed E-state index contributed by atoms with van der Waals surface area (Å²) in [5.74, 6) is 0.784. The molecule has 1 aliphatic rings. The summed E-state index contributed by atoms with van der Waals surface area (Å²) in [6.45, 7) is 6.15. The van der Waals surface area contributed by atoms with Crippen LogP contribution in [0.1, 0.15) is 16.8 Å². The van der Waals surface area contributed by atoms with Gasteiger partial charge in [-0.15, -0.1) is 5.10 Å². The maximum absolute atomic E-state index is 4.15. The highest BCUT2D eigenvalue weighted by atomic mass is 15.2. The Bertz CT molecular complexity index is 605. The number of benzene rings is 1. The minimum atomic E-state index is 0.784. The topological polar surface area (TPSA) is 49.8 Å². The third kappa shape index (κ3) is 1.62. The summed E-state index contributed by atoms with van der Waals surface area (Å²) in [5, 5.41) is 14.9. The van der Waals surface area contributed by atoms with Gasteiger partial charge in [-0.25, -0.2) is 0 Å². The Kier molecular flexibility index (Phi) is 2.04. The van der Waals surface area contributed by atoms with E-state index in [1.165, 1.54) is 11.1 Å². The molecule has 0 radical (unpaired) electrons. The lowest BCUT2D eigenvalue weighted by molar-refractivity contribution is 0.984. The number of hydrogen-bond acceptors (Lipinski definition) is 4. The Hall–Kier alpha value is -2.10. The Morgan fingerprint density at radius 1 is 0.765 bits per heavy atom. The van der Waals surface area contributed by atoms with Crippen LogP contribution < -0.4 is 10.6 Å². The monoisotopic (exact) mass is 226 g/mol. The molecule has 17 heavy (non-hydrogen) atoms. The molecule has 0 saturated heterocycles. The molecular formula is C13H14N4. The highest BCUT2D eigenvalue weighted by Gasteiger charge is 2.16. The standard InChI is InChI=1S/C13H14N4/c1-7-4-10-11(5-8(7)2)15-13-12(14-10)6-9(3)16-17-13/h4-6,14H,1-3H3,(H,15,17). The second-order valence-electron chi connectivity index (χ2n) is 4.48. The lowest BCUT2D eigenvalue weighted by Crippen LogP contribution is -2.10.